The summed E-state index contributed by atoms with van der Waals surface area (Å²) in [6.07, 6.45) is 4.63. The lowest BCUT2D eigenvalue weighted by molar-refractivity contribution is 0.474. The predicted molar refractivity (Wildman–Crippen MR) is 67.8 cm³/mol. The number of nitrogens with zero attached hydrogens (tertiary/aromatic N) is 1. The van der Waals surface area contributed by atoms with E-state index in [1.54, 1.807) is 18.3 Å². The van der Waals surface area contributed by atoms with Crippen LogP contribution in [0.4, 0.5) is 0 Å². The average Bonchev–Trinajstić information content (AvgIpc) is 2.36. The summed E-state index contributed by atoms with van der Waals surface area (Å²) >= 11 is 0. The number of hydrogen-bond acceptors (Lipinski definition) is 3. The first-order chi connectivity index (χ1) is 8.34. The standard InChI is InChI=1S/C14H16N2O/c17-14-5-1-3-13(9-14)11-16-8-6-12-4-2-7-15-10-12/h1-5,7,9-10,16-17H,6,8,11H2. The van der Waals surface area contributed by atoms with Crippen LogP contribution in [0.2, 0.25) is 0 Å². The fraction of sp³-hybridized carbons (Fsp3) is 0.214. The fourth-order valence-corrected chi connectivity index (χ4v) is 1.68. The molecule has 2 N–H and O–H groups in total. The van der Waals surface area contributed by atoms with Crippen LogP contribution in [0, 0.1) is 0 Å². The van der Waals surface area contributed by atoms with Gasteiger partial charge in [0.1, 0.15) is 5.75 Å². The third kappa shape index (κ3) is 3.89. The highest BCUT2D eigenvalue weighted by molar-refractivity contribution is 5.26. The van der Waals surface area contributed by atoms with Gasteiger partial charge in [-0.1, -0.05) is 18.2 Å². The number of aromatic hydroxyl groups is 1. The zero-order valence-corrected chi connectivity index (χ0v) is 9.63. The van der Waals surface area contributed by atoms with E-state index in [1.807, 2.05) is 24.4 Å². The van der Waals surface area contributed by atoms with Crippen molar-refractivity contribution in [1.29, 1.82) is 0 Å². The van der Waals surface area contributed by atoms with E-state index in [2.05, 4.69) is 16.4 Å². The smallest absolute Gasteiger partial charge is 0.115 e. The van der Waals surface area contributed by atoms with E-state index in [9.17, 15) is 5.11 Å². The van der Waals surface area contributed by atoms with Gasteiger partial charge in [-0.2, -0.15) is 0 Å². The van der Waals surface area contributed by atoms with E-state index in [-0.39, 0.29) is 0 Å². The number of nitrogens with one attached hydrogen (secondary N) is 1. The SMILES string of the molecule is Oc1cccc(CNCCc2cccnc2)c1. The Balaban J connectivity index is 1.73. The van der Waals surface area contributed by atoms with Crippen LogP contribution in [0.1, 0.15) is 11.1 Å². The lowest BCUT2D eigenvalue weighted by atomic mass is 10.2. The minimum absolute atomic E-state index is 0.316. The van der Waals surface area contributed by atoms with Crippen LogP contribution in [-0.2, 0) is 13.0 Å². The van der Waals surface area contributed by atoms with Crippen molar-refractivity contribution in [1.82, 2.24) is 10.3 Å². The van der Waals surface area contributed by atoms with Crippen molar-refractivity contribution < 1.29 is 5.11 Å². The third-order valence-corrected chi connectivity index (χ3v) is 2.55. The molecule has 2 rings (SSSR count). The maximum absolute atomic E-state index is 9.31. The van der Waals surface area contributed by atoms with Crippen LogP contribution >= 0.6 is 0 Å². The molecule has 0 aliphatic carbocycles. The van der Waals surface area contributed by atoms with Crippen LogP contribution in [0.3, 0.4) is 0 Å². The van der Waals surface area contributed by atoms with Crippen molar-refractivity contribution in [2.45, 2.75) is 13.0 Å². The number of aromatic nitrogens is 1. The number of rotatable bonds is 5. The van der Waals surface area contributed by atoms with E-state index < -0.39 is 0 Å². The molecule has 88 valence electrons. The average molecular weight is 228 g/mol. The summed E-state index contributed by atoms with van der Waals surface area (Å²) in [4.78, 5) is 4.07. The number of pyridine rings is 1. The topological polar surface area (TPSA) is 45.1 Å². The van der Waals surface area contributed by atoms with Crippen LogP contribution < -0.4 is 5.32 Å². The zero-order chi connectivity index (χ0) is 11.9. The lowest BCUT2D eigenvalue weighted by Crippen LogP contribution is -2.16. The Morgan fingerprint density at radius 2 is 2.00 bits per heavy atom. The van der Waals surface area contributed by atoms with Crippen molar-refractivity contribution >= 4 is 0 Å². The van der Waals surface area contributed by atoms with Gasteiger partial charge >= 0.3 is 0 Å². The second-order valence-corrected chi connectivity index (χ2v) is 3.96. The monoisotopic (exact) mass is 228 g/mol. The molecular formula is C14H16N2O. The first-order valence-corrected chi connectivity index (χ1v) is 5.72. The first-order valence-electron chi connectivity index (χ1n) is 5.72. The van der Waals surface area contributed by atoms with Crippen LogP contribution in [-0.4, -0.2) is 16.6 Å². The highest BCUT2D eigenvalue weighted by atomic mass is 16.3. The highest BCUT2D eigenvalue weighted by Crippen LogP contribution is 2.10. The predicted octanol–water partition coefficient (Wildman–Crippen LogP) is 2.12. The van der Waals surface area contributed by atoms with Crippen molar-refractivity contribution in [3.63, 3.8) is 0 Å². The number of benzene rings is 1. The Bertz CT molecular complexity index is 457. The molecule has 0 saturated heterocycles. The molecule has 0 bridgehead atoms. The first kappa shape index (κ1) is 11.6. The maximum atomic E-state index is 9.31. The van der Waals surface area contributed by atoms with Gasteiger partial charge in [-0.25, -0.2) is 0 Å². The molecule has 0 aliphatic rings. The molecule has 0 aliphatic heterocycles. The Hall–Kier alpha value is -1.87. The minimum atomic E-state index is 0.316. The van der Waals surface area contributed by atoms with Crippen LogP contribution in [0.15, 0.2) is 48.8 Å². The Morgan fingerprint density at radius 1 is 1.12 bits per heavy atom. The molecule has 0 fully saturated rings. The van der Waals surface area contributed by atoms with Crippen molar-refractivity contribution in [3.8, 4) is 5.75 Å². The van der Waals surface area contributed by atoms with Crippen molar-refractivity contribution in [3.05, 3.63) is 59.9 Å². The lowest BCUT2D eigenvalue weighted by Gasteiger charge is -2.05. The molecule has 0 radical (unpaired) electrons. The van der Waals surface area contributed by atoms with Crippen LogP contribution in [0.25, 0.3) is 0 Å². The quantitative estimate of drug-likeness (QED) is 0.770. The summed E-state index contributed by atoms with van der Waals surface area (Å²) in [5.74, 6) is 0.316. The van der Waals surface area contributed by atoms with E-state index in [1.165, 1.54) is 5.56 Å². The second kappa shape index (κ2) is 6.01. The second-order valence-electron chi connectivity index (χ2n) is 3.96. The van der Waals surface area contributed by atoms with E-state index in [4.69, 9.17) is 0 Å². The van der Waals surface area contributed by atoms with Gasteiger partial charge in [-0.15, -0.1) is 0 Å². The molecule has 2 aromatic rings. The van der Waals surface area contributed by atoms with Gasteiger partial charge in [-0.05, 0) is 42.3 Å². The molecule has 17 heavy (non-hydrogen) atoms. The third-order valence-electron chi connectivity index (χ3n) is 2.55. The van der Waals surface area contributed by atoms with Gasteiger partial charge in [0.25, 0.3) is 0 Å². The molecule has 0 spiro atoms. The van der Waals surface area contributed by atoms with Crippen LogP contribution in [0.5, 0.6) is 5.75 Å². The summed E-state index contributed by atoms with van der Waals surface area (Å²) < 4.78 is 0. The Kier molecular flexibility index (Phi) is 4.11. The van der Waals surface area contributed by atoms with Gasteiger partial charge in [0.2, 0.25) is 0 Å². The van der Waals surface area contributed by atoms with E-state index >= 15 is 0 Å². The van der Waals surface area contributed by atoms with Gasteiger partial charge < -0.3 is 10.4 Å². The minimum Gasteiger partial charge on any atom is -0.508 e. The molecule has 1 aromatic carbocycles. The molecule has 3 heteroatoms. The van der Waals surface area contributed by atoms with Gasteiger partial charge in [0.15, 0.2) is 0 Å². The van der Waals surface area contributed by atoms with E-state index in [0.717, 1.165) is 25.1 Å². The highest BCUT2D eigenvalue weighted by Gasteiger charge is 1.95. The van der Waals surface area contributed by atoms with Gasteiger partial charge in [0.05, 0.1) is 0 Å². The molecule has 0 amide bonds. The maximum Gasteiger partial charge on any atom is 0.115 e. The summed E-state index contributed by atoms with van der Waals surface area (Å²) in [5, 5.41) is 12.7. The molecule has 0 unspecified atom stereocenters. The summed E-state index contributed by atoms with van der Waals surface area (Å²) in [7, 11) is 0. The summed E-state index contributed by atoms with van der Waals surface area (Å²) in [6, 6.07) is 11.3. The number of hydrogen-bond donors (Lipinski definition) is 2. The van der Waals surface area contributed by atoms with E-state index in [0.29, 0.717) is 5.75 Å². The summed E-state index contributed by atoms with van der Waals surface area (Å²) in [6.45, 7) is 1.68. The van der Waals surface area contributed by atoms with Crippen molar-refractivity contribution in [2.75, 3.05) is 6.54 Å². The number of phenolic OH excluding ortho intramolecular Hbond substituents is 1. The van der Waals surface area contributed by atoms with Gasteiger partial charge in [0, 0.05) is 18.9 Å². The molecular weight excluding hydrogens is 212 g/mol. The molecule has 1 heterocycles. The number of phenols is 1. The summed E-state index contributed by atoms with van der Waals surface area (Å²) in [5.41, 5.74) is 2.33. The fourth-order valence-electron chi connectivity index (χ4n) is 1.68. The molecule has 0 saturated carbocycles. The Morgan fingerprint density at radius 3 is 2.76 bits per heavy atom. The molecule has 1 aromatic heterocycles. The zero-order valence-electron chi connectivity index (χ0n) is 9.63. The van der Waals surface area contributed by atoms with Gasteiger partial charge in [-0.3, -0.25) is 4.98 Å². The molecule has 3 nitrogen and oxygen atoms in total. The Labute approximate surface area is 101 Å². The largest absolute Gasteiger partial charge is 0.508 e. The van der Waals surface area contributed by atoms with Crippen molar-refractivity contribution in [2.24, 2.45) is 0 Å². The molecule has 0 atom stereocenters. The normalized spacial score (nSPS) is 10.4.